The number of nitrogens with one attached hydrogen (secondary N) is 1. The van der Waals surface area contributed by atoms with Gasteiger partial charge in [-0.2, -0.15) is 0 Å². The first-order valence-corrected chi connectivity index (χ1v) is 9.39. The van der Waals surface area contributed by atoms with Gasteiger partial charge in [-0.1, -0.05) is 26.0 Å². The Hall–Kier alpha value is -3.02. The highest BCUT2D eigenvalue weighted by atomic mass is 16.5. The van der Waals surface area contributed by atoms with Crippen molar-refractivity contribution in [2.45, 2.75) is 40.0 Å². The van der Waals surface area contributed by atoms with Gasteiger partial charge in [-0.05, 0) is 42.8 Å². The third-order valence-corrected chi connectivity index (χ3v) is 4.68. The molecule has 0 spiro atoms. The van der Waals surface area contributed by atoms with Gasteiger partial charge in [-0.15, -0.1) is 0 Å². The Morgan fingerprint density at radius 2 is 2.07 bits per heavy atom. The highest BCUT2D eigenvalue weighted by Crippen LogP contribution is 2.30. The largest absolute Gasteiger partial charge is 0.497 e. The van der Waals surface area contributed by atoms with Crippen molar-refractivity contribution in [2.24, 2.45) is 5.92 Å². The number of carbonyl (C=O) groups is 2. The predicted octanol–water partition coefficient (Wildman–Crippen LogP) is 3.60. The van der Waals surface area contributed by atoms with Crippen molar-refractivity contribution in [3.63, 3.8) is 0 Å². The Bertz CT molecular complexity index is 879. The summed E-state index contributed by atoms with van der Waals surface area (Å²) in [6.45, 7) is 6.30. The molecule has 0 radical (unpaired) electrons. The predicted molar refractivity (Wildman–Crippen MR) is 107 cm³/mol. The van der Waals surface area contributed by atoms with Gasteiger partial charge in [-0.25, -0.2) is 0 Å². The van der Waals surface area contributed by atoms with Gasteiger partial charge in [0.25, 0.3) is 5.91 Å². The molecule has 1 aliphatic rings. The second-order valence-corrected chi connectivity index (χ2v) is 7.27. The molecule has 1 N–H and O–H groups in total. The summed E-state index contributed by atoms with van der Waals surface area (Å²) < 4.78 is 11.1. The second-order valence-electron chi connectivity index (χ2n) is 7.27. The van der Waals surface area contributed by atoms with Crippen molar-refractivity contribution in [1.29, 1.82) is 0 Å². The summed E-state index contributed by atoms with van der Waals surface area (Å²) in [5.74, 6) is 1.18. The van der Waals surface area contributed by atoms with E-state index < -0.39 is 6.10 Å². The first-order chi connectivity index (χ1) is 13.4. The molecule has 0 aliphatic carbocycles. The van der Waals surface area contributed by atoms with Crippen molar-refractivity contribution in [1.82, 2.24) is 4.90 Å². The molecule has 6 nitrogen and oxygen atoms in total. The summed E-state index contributed by atoms with van der Waals surface area (Å²) in [5, 5.41) is 2.90. The van der Waals surface area contributed by atoms with Crippen LogP contribution in [-0.4, -0.2) is 29.9 Å². The highest BCUT2D eigenvalue weighted by molar-refractivity contribution is 5.92. The molecule has 0 aromatic heterocycles. The second kappa shape index (κ2) is 8.33. The fourth-order valence-electron chi connectivity index (χ4n) is 3.09. The summed E-state index contributed by atoms with van der Waals surface area (Å²) in [5.41, 5.74) is 2.54. The van der Waals surface area contributed by atoms with Crippen LogP contribution in [0, 0.1) is 5.92 Å². The van der Waals surface area contributed by atoms with E-state index in [1.54, 1.807) is 25.0 Å². The molecule has 1 heterocycles. The van der Waals surface area contributed by atoms with Crippen LogP contribution >= 0.6 is 0 Å². The molecule has 2 amide bonds. The molecule has 0 saturated carbocycles. The van der Waals surface area contributed by atoms with Crippen LogP contribution in [0.25, 0.3) is 0 Å². The number of amides is 2. The first-order valence-electron chi connectivity index (χ1n) is 9.39. The average molecular weight is 382 g/mol. The zero-order valence-corrected chi connectivity index (χ0v) is 16.7. The molecule has 0 fully saturated rings. The number of benzene rings is 2. The number of hydrogen-bond donors (Lipinski definition) is 1. The molecule has 0 bridgehead atoms. The summed E-state index contributed by atoms with van der Waals surface area (Å²) in [6, 6.07) is 13.1. The number of hydrogen-bond acceptors (Lipinski definition) is 4. The van der Waals surface area contributed by atoms with E-state index in [1.165, 1.54) is 0 Å². The van der Waals surface area contributed by atoms with Crippen LogP contribution in [0.1, 0.15) is 31.9 Å². The fourth-order valence-corrected chi connectivity index (χ4v) is 3.09. The van der Waals surface area contributed by atoms with Crippen LogP contribution in [0.2, 0.25) is 0 Å². The molecule has 148 valence electrons. The number of rotatable bonds is 5. The number of methoxy groups -OCH3 is 1. The number of anilines is 1. The van der Waals surface area contributed by atoms with Gasteiger partial charge in [0.2, 0.25) is 5.91 Å². The molecule has 3 rings (SSSR count). The minimum Gasteiger partial charge on any atom is -0.497 e. The number of carbonyl (C=O) groups excluding carboxylic acids is 2. The van der Waals surface area contributed by atoms with Gasteiger partial charge in [-0.3, -0.25) is 9.59 Å². The fraction of sp³-hybridized carbons (Fsp3) is 0.364. The smallest absolute Gasteiger partial charge is 0.263 e. The Labute approximate surface area is 165 Å². The SMILES string of the molecule is COc1cccc(CN2Cc3cc(NC(=O)C(C)C)ccc3OC(C)C2=O)c1. The first kappa shape index (κ1) is 19.7. The Morgan fingerprint density at radius 1 is 1.29 bits per heavy atom. The van der Waals surface area contributed by atoms with E-state index in [0.29, 0.717) is 24.5 Å². The molecule has 2 aromatic carbocycles. The average Bonchev–Trinajstić information content (AvgIpc) is 2.79. The van der Waals surface area contributed by atoms with Crippen LogP contribution in [0.5, 0.6) is 11.5 Å². The third-order valence-electron chi connectivity index (χ3n) is 4.68. The molecule has 1 atom stereocenters. The summed E-state index contributed by atoms with van der Waals surface area (Å²) in [4.78, 5) is 26.6. The zero-order valence-electron chi connectivity index (χ0n) is 16.7. The van der Waals surface area contributed by atoms with Gasteiger partial charge in [0.05, 0.1) is 7.11 Å². The van der Waals surface area contributed by atoms with Crippen molar-refractivity contribution < 1.29 is 19.1 Å². The zero-order chi connectivity index (χ0) is 20.3. The third kappa shape index (κ3) is 4.44. The minimum atomic E-state index is -0.581. The molecule has 2 aromatic rings. The van der Waals surface area contributed by atoms with E-state index >= 15 is 0 Å². The summed E-state index contributed by atoms with van der Waals surface area (Å²) in [6.07, 6.45) is -0.581. The molecule has 1 aliphatic heterocycles. The van der Waals surface area contributed by atoms with Crippen molar-refractivity contribution >= 4 is 17.5 Å². The number of fused-ring (bicyclic) bond motifs is 1. The molecule has 0 saturated heterocycles. The minimum absolute atomic E-state index is 0.0489. The van der Waals surface area contributed by atoms with E-state index in [4.69, 9.17) is 9.47 Å². The molecule has 1 unspecified atom stereocenters. The quantitative estimate of drug-likeness (QED) is 0.858. The summed E-state index contributed by atoms with van der Waals surface area (Å²) in [7, 11) is 1.62. The Balaban J connectivity index is 1.85. The van der Waals surface area contributed by atoms with Gasteiger partial charge in [0.15, 0.2) is 6.10 Å². The van der Waals surface area contributed by atoms with Crippen LogP contribution in [0.3, 0.4) is 0 Å². The lowest BCUT2D eigenvalue weighted by molar-refractivity contribution is -0.138. The van der Waals surface area contributed by atoms with E-state index in [0.717, 1.165) is 16.9 Å². The molecule has 28 heavy (non-hydrogen) atoms. The maximum Gasteiger partial charge on any atom is 0.263 e. The standard InChI is InChI=1S/C22H26N2O4/c1-14(2)21(25)23-18-8-9-20-17(11-18)13-24(22(26)15(3)28-20)12-16-6-5-7-19(10-16)27-4/h5-11,14-15H,12-13H2,1-4H3,(H,23,25). The lowest BCUT2D eigenvalue weighted by atomic mass is 10.1. The van der Waals surface area contributed by atoms with Gasteiger partial charge in [0.1, 0.15) is 11.5 Å². The maximum absolute atomic E-state index is 12.8. The maximum atomic E-state index is 12.8. The monoisotopic (exact) mass is 382 g/mol. The highest BCUT2D eigenvalue weighted by Gasteiger charge is 2.28. The van der Waals surface area contributed by atoms with Crippen molar-refractivity contribution in [3.8, 4) is 11.5 Å². The van der Waals surface area contributed by atoms with Crippen LogP contribution in [-0.2, 0) is 22.7 Å². The van der Waals surface area contributed by atoms with E-state index in [2.05, 4.69) is 5.32 Å². The molecule has 6 heteroatoms. The Kier molecular flexibility index (Phi) is 5.87. The van der Waals surface area contributed by atoms with E-state index in [1.807, 2.05) is 50.2 Å². The Morgan fingerprint density at radius 3 is 2.79 bits per heavy atom. The van der Waals surface area contributed by atoms with Crippen LogP contribution in [0.15, 0.2) is 42.5 Å². The lowest BCUT2D eigenvalue weighted by Crippen LogP contribution is -2.37. The van der Waals surface area contributed by atoms with Crippen LogP contribution < -0.4 is 14.8 Å². The van der Waals surface area contributed by atoms with E-state index in [-0.39, 0.29) is 17.7 Å². The number of nitrogens with zero attached hydrogens (tertiary/aromatic N) is 1. The van der Waals surface area contributed by atoms with Crippen molar-refractivity contribution in [3.05, 3.63) is 53.6 Å². The van der Waals surface area contributed by atoms with Gasteiger partial charge < -0.3 is 19.7 Å². The summed E-state index contributed by atoms with van der Waals surface area (Å²) >= 11 is 0. The molecular formula is C22H26N2O4. The number of ether oxygens (including phenoxy) is 2. The van der Waals surface area contributed by atoms with Gasteiger partial charge in [0, 0.05) is 30.3 Å². The lowest BCUT2D eigenvalue weighted by Gasteiger charge is -2.22. The molecular weight excluding hydrogens is 356 g/mol. The topological polar surface area (TPSA) is 67.9 Å². The van der Waals surface area contributed by atoms with E-state index in [9.17, 15) is 9.59 Å². The van der Waals surface area contributed by atoms with Gasteiger partial charge >= 0.3 is 0 Å². The normalized spacial score (nSPS) is 16.2. The van der Waals surface area contributed by atoms with Crippen molar-refractivity contribution in [2.75, 3.05) is 12.4 Å². The van der Waals surface area contributed by atoms with Crippen LogP contribution in [0.4, 0.5) is 5.69 Å².